The van der Waals surface area contributed by atoms with E-state index < -0.39 is 0 Å². The minimum absolute atomic E-state index is 0.0170. The lowest BCUT2D eigenvalue weighted by Gasteiger charge is -2.12. The second-order valence-electron chi connectivity index (χ2n) is 5.51. The van der Waals surface area contributed by atoms with Gasteiger partial charge in [-0.05, 0) is 18.2 Å². The number of carbonyl (C=O) groups is 1. The molecule has 7 nitrogen and oxygen atoms in total. The molecule has 1 aliphatic rings. The summed E-state index contributed by atoms with van der Waals surface area (Å²) >= 11 is 0. The average Bonchev–Trinajstić information content (AvgIpc) is 3.14. The third kappa shape index (κ3) is 4.19. The number of aromatic nitrogens is 1. The molecule has 3 rings (SSSR count). The van der Waals surface area contributed by atoms with Gasteiger partial charge in [-0.1, -0.05) is 0 Å². The van der Waals surface area contributed by atoms with Crippen molar-refractivity contribution in [3.8, 4) is 17.4 Å². The van der Waals surface area contributed by atoms with Crippen molar-refractivity contribution in [1.82, 2.24) is 4.98 Å². The highest BCUT2D eigenvalue weighted by molar-refractivity contribution is 6.04. The van der Waals surface area contributed by atoms with Crippen LogP contribution in [0.15, 0.2) is 36.5 Å². The van der Waals surface area contributed by atoms with Gasteiger partial charge >= 0.3 is 0 Å². The molecule has 2 aromatic rings. The molecule has 1 amide bonds. The van der Waals surface area contributed by atoms with E-state index >= 15 is 0 Å². The van der Waals surface area contributed by atoms with Gasteiger partial charge < -0.3 is 24.3 Å². The van der Waals surface area contributed by atoms with E-state index in [1.807, 2.05) is 0 Å². The number of methoxy groups -OCH3 is 2. The van der Waals surface area contributed by atoms with E-state index in [2.05, 4.69) is 10.3 Å². The molecule has 1 fully saturated rings. The van der Waals surface area contributed by atoms with E-state index in [9.17, 15) is 4.79 Å². The lowest BCUT2D eigenvalue weighted by Crippen LogP contribution is -2.17. The van der Waals surface area contributed by atoms with Crippen molar-refractivity contribution in [3.05, 3.63) is 42.1 Å². The standard InChI is InChI=1S/C18H20N2O5/c1-22-15-4-3-13(10-16(15)23-2)20-18(21)12-5-7-19-17(9-12)25-14-6-8-24-11-14/h3-5,7,9-10,14H,6,8,11H2,1-2H3,(H,20,21). The zero-order valence-corrected chi connectivity index (χ0v) is 14.2. The number of benzene rings is 1. The van der Waals surface area contributed by atoms with Crippen LogP contribution in [0.4, 0.5) is 5.69 Å². The zero-order valence-electron chi connectivity index (χ0n) is 14.2. The van der Waals surface area contributed by atoms with Crippen LogP contribution in [0.3, 0.4) is 0 Å². The number of nitrogens with one attached hydrogen (secondary N) is 1. The van der Waals surface area contributed by atoms with Crippen molar-refractivity contribution >= 4 is 11.6 Å². The SMILES string of the molecule is COc1ccc(NC(=O)c2ccnc(OC3CCOC3)c2)cc1OC. The van der Waals surface area contributed by atoms with E-state index in [0.29, 0.717) is 41.8 Å². The number of hydrogen-bond acceptors (Lipinski definition) is 6. The van der Waals surface area contributed by atoms with Crippen molar-refractivity contribution in [1.29, 1.82) is 0 Å². The Labute approximate surface area is 145 Å². The minimum atomic E-state index is -0.262. The molecule has 0 spiro atoms. The summed E-state index contributed by atoms with van der Waals surface area (Å²) < 4.78 is 21.4. The van der Waals surface area contributed by atoms with Gasteiger partial charge in [-0.3, -0.25) is 4.79 Å². The van der Waals surface area contributed by atoms with Crippen molar-refractivity contribution in [2.24, 2.45) is 0 Å². The molecule has 0 bridgehead atoms. The van der Waals surface area contributed by atoms with Crippen LogP contribution in [0.2, 0.25) is 0 Å². The van der Waals surface area contributed by atoms with Gasteiger partial charge in [0, 0.05) is 36.0 Å². The molecule has 132 valence electrons. The fraction of sp³-hybridized carbons (Fsp3) is 0.333. The Kier molecular flexibility index (Phi) is 5.35. The monoisotopic (exact) mass is 344 g/mol. The Morgan fingerprint density at radius 3 is 2.76 bits per heavy atom. The van der Waals surface area contributed by atoms with E-state index in [4.69, 9.17) is 18.9 Å². The fourth-order valence-electron chi connectivity index (χ4n) is 2.51. The Morgan fingerprint density at radius 2 is 2.04 bits per heavy atom. The Balaban J connectivity index is 1.70. The summed E-state index contributed by atoms with van der Waals surface area (Å²) in [5, 5.41) is 2.82. The zero-order chi connectivity index (χ0) is 17.6. The number of nitrogens with zero attached hydrogens (tertiary/aromatic N) is 1. The lowest BCUT2D eigenvalue weighted by molar-refractivity contribution is 0.102. The molecule has 25 heavy (non-hydrogen) atoms. The van der Waals surface area contributed by atoms with Gasteiger partial charge in [-0.15, -0.1) is 0 Å². The van der Waals surface area contributed by atoms with Crippen LogP contribution in [0, 0.1) is 0 Å². The summed E-state index contributed by atoms with van der Waals surface area (Å²) in [5.74, 6) is 1.29. The molecule has 1 unspecified atom stereocenters. The largest absolute Gasteiger partial charge is 0.493 e. The second kappa shape index (κ2) is 7.85. The molecule has 1 aromatic heterocycles. The highest BCUT2D eigenvalue weighted by atomic mass is 16.5. The molecule has 1 aliphatic heterocycles. The smallest absolute Gasteiger partial charge is 0.255 e. The fourth-order valence-corrected chi connectivity index (χ4v) is 2.51. The van der Waals surface area contributed by atoms with Crippen LogP contribution in [-0.2, 0) is 4.74 Å². The number of anilines is 1. The van der Waals surface area contributed by atoms with E-state index in [1.54, 1.807) is 50.7 Å². The summed E-state index contributed by atoms with van der Waals surface area (Å²) in [4.78, 5) is 16.6. The third-order valence-electron chi connectivity index (χ3n) is 3.81. The summed E-state index contributed by atoms with van der Waals surface area (Å²) in [6.45, 7) is 1.23. The maximum absolute atomic E-state index is 12.5. The first-order chi connectivity index (χ1) is 12.2. The number of rotatable bonds is 6. The van der Waals surface area contributed by atoms with Gasteiger partial charge in [0.05, 0.1) is 27.4 Å². The van der Waals surface area contributed by atoms with Gasteiger partial charge in [0.15, 0.2) is 11.5 Å². The molecule has 0 aliphatic carbocycles. The highest BCUT2D eigenvalue weighted by Gasteiger charge is 2.18. The molecule has 0 saturated carbocycles. The first-order valence-corrected chi connectivity index (χ1v) is 7.93. The maximum atomic E-state index is 12.5. The van der Waals surface area contributed by atoms with E-state index in [-0.39, 0.29) is 12.0 Å². The molecule has 1 atom stereocenters. The van der Waals surface area contributed by atoms with Gasteiger partial charge in [0.2, 0.25) is 5.88 Å². The summed E-state index contributed by atoms with van der Waals surface area (Å²) in [6, 6.07) is 8.43. The van der Waals surface area contributed by atoms with Gasteiger partial charge in [-0.2, -0.15) is 0 Å². The minimum Gasteiger partial charge on any atom is -0.493 e. The van der Waals surface area contributed by atoms with Gasteiger partial charge in [0.25, 0.3) is 5.91 Å². The molecule has 1 N–H and O–H groups in total. The van der Waals surface area contributed by atoms with Crippen LogP contribution in [0.1, 0.15) is 16.8 Å². The highest BCUT2D eigenvalue weighted by Crippen LogP contribution is 2.30. The van der Waals surface area contributed by atoms with Crippen LogP contribution >= 0.6 is 0 Å². The number of pyridine rings is 1. The Hall–Kier alpha value is -2.80. The van der Waals surface area contributed by atoms with E-state index in [0.717, 1.165) is 6.42 Å². The third-order valence-corrected chi connectivity index (χ3v) is 3.81. The maximum Gasteiger partial charge on any atom is 0.255 e. The molecule has 0 radical (unpaired) electrons. The number of carbonyl (C=O) groups excluding carboxylic acids is 1. The lowest BCUT2D eigenvalue weighted by atomic mass is 10.2. The first-order valence-electron chi connectivity index (χ1n) is 7.93. The Morgan fingerprint density at radius 1 is 1.20 bits per heavy atom. The topological polar surface area (TPSA) is 78.9 Å². The predicted octanol–water partition coefficient (Wildman–Crippen LogP) is 2.52. The van der Waals surface area contributed by atoms with Gasteiger partial charge in [0.1, 0.15) is 6.10 Å². The number of hydrogen-bond donors (Lipinski definition) is 1. The van der Waals surface area contributed by atoms with Crippen LogP contribution in [0.25, 0.3) is 0 Å². The molecule has 1 aromatic carbocycles. The van der Waals surface area contributed by atoms with Crippen molar-refractivity contribution in [2.75, 3.05) is 32.8 Å². The van der Waals surface area contributed by atoms with Crippen LogP contribution in [0.5, 0.6) is 17.4 Å². The van der Waals surface area contributed by atoms with Crippen LogP contribution in [-0.4, -0.2) is 44.4 Å². The van der Waals surface area contributed by atoms with Gasteiger partial charge in [-0.25, -0.2) is 4.98 Å². The molecule has 7 heteroatoms. The normalized spacial score (nSPS) is 16.3. The summed E-state index contributed by atoms with van der Waals surface area (Å²) in [5.41, 5.74) is 1.06. The van der Waals surface area contributed by atoms with Crippen molar-refractivity contribution in [2.45, 2.75) is 12.5 Å². The van der Waals surface area contributed by atoms with Crippen molar-refractivity contribution in [3.63, 3.8) is 0 Å². The number of amides is 1. The summed E-state index contributed by atoms with van der Waals surface area (Å²) in [7, 11) is 3.10. The predicted molar refractivity (Wildman–Crippen MR) is 91.6 cm³/mol. The molecular weight excluding hydrogens is 324 g/mol. The van der Waals surface area contributed by atoms with Crippen LogP contribution < -0.4 is 19.5 Å². The second-order valence-corrected chi connectivity index (χ2v) is 5.51. The number of ether oxygens (including phenoxy) is 4. The van der Waals surface area contributed by atoms with Crippen molar-refractivity contribution < 1.29 is 23.7 Å². The quantitative estimate of drug-likeness (QED) is 0.867. The Bertz CT molecular complexity index is 744. The first kappa shape index (κ1) is 17.0. The molecular formula is C18H20N2O5. The molecule has 1 saturated heterocycles. The summed E-state index contributed by atoms with van der Waals surface area (Å²) in [6.07, 6.45) is 2.36. The molecule has 2 heterocycles. The van der Waals surface area contributed by atoms with E-state index in [1.165, 1.54) is 0 Å². The average molecular weight is 344 g/mol.